The molecule has 1 atom stereocenters. The third-order valence-corrected chi connectivity index (χ3v) is 4.83. The minimum absolute atomic E-state index is 0.249. The van der Waals surface area contributed by atoms with E-state index in [1.165, 1.54) is 43.0 Å². The number of hydrogen-bond donors (Lipinski definition) is 1. The molecule has 0 bridgehead atoms. The van der Waals surface area contributed by atoms with E-state index in [-0.39, 0.29) is 5.56 Å². The molecule has 0 aliphatic heterocycles. The molecule has 2 aromatic heterocycles. The molecule has 9 heteroatoms. The summed E-state index contributed by atoms with van der Waals surface area (Å²) in [6.45, 7) is 3.25. The zero-order chi connectivity index (χ0) is 20.8. The van der Waals surface area contributed by atoms with Gasteiger partial charge in [-0.2, -0.15) is 0 Å². The van der Waals surface area contributed by atoms with Crippen molar-refractivity contribution in [2.45, 2.75) is 30.7 Å². The Balaban J connectivity index is 1.62. The zero-order valence-corrected chi connectivity index (χ0v) is 16.5. The van der Waals surface area contributed by atoms with Crippen LogP contribution in [0.25, 0.3) is 0 Å². The standard InChI is InChI=1S/C20H18FN3O4S/c1-12-10-16(24-28-12)11-29-19-17(4-3-9-22-19)20(26)27-13(2)18(25)23-15-7-5-14(21)6-8-15/h3-10,13H,11H2,1-2H3,(H,23,25)/t13-/m1/s1. The summed E-state index contributed by atoms with van der Waals surface area (Å²) in [7, 11) is 0. The summed E-state index contributed by atoms with van der Waals surface area (Å²) in [6.07, 6.45) is 0.515. The van der Waals surface area contributed by atoms with Crippen molar-refractivity contribution in [1.29, 1.82) is 0 Å². The van der Waals surface area contributed by atoms with Crippen molar-refractivity contribution in [3.63, 3.8) is 0 Å². The van der Waals surface area contributed by atoms with Crippen LogP contribution in [0.5, 0.6) is 0 Å². The number of thioether (sulfide) groups is 1. The molecule has 0 aliphatic carbocycles. The number of rotatable bonds is 7. The number of ether oxygens (including phenoxy) is 1. The monoisotopic (exact) mass is 415 g/mol. The van der Waals surface area contributed by atoms with E-state index in [9.17, 15) is 14.0 Å². The SMILES string of the molecule is Cc1cc(CSc2ncccc2C(=O)O[C@H](C)C(=O)Nc2ccc(F)cc2)no1. The number of halogens is 1. The molecule has 150 valence electrons. The zero-order valence-electron chi connectivity index (χ0n) is 15.7. The van der Waals surface area contributed by atoms with E-state index in [0.29, 0.717) is 22.2 Å². The number of nitrogens with zero attached hydrogens (tertiary/aromatic N) is 2. The van der Waals surface area contributed by atoms with Gasteiger partial charge in [0.2, 0.25) is 0 Å². The number of hydrogen-bond acceptors (Lipinski definition) is 7. The van der Waals surface area contributed by atoms with Crippen LogP contribution in [0.2, 0.25) is 0 Å². The molecule has 0 unspecified atom stereocenters. The third kappa shape index (κ3) is 5.64. The number of aromatic nitrogens is 2. The fourth-order valence-corrected chi connectivity index (χ4v) is 3.21. The maximum Gasteiger partial charge on any atom is 0.341 e. The summed E-state index contributed by atoms with van der Waals surface area (Å²) in [5, 5.41) is 6.94. The average molecular weight is 415 g/mol. The van der Waals surface area contributed by atoms with Gasteiger partial charge in [0.25, 0.3) is 5.91 Å². The Morgan fingerprint density at radius 2 is 2.03 bits per heavy atom. The first-order valence-corrected chi connectivity index (χ1v) is 9.68. The van der Waals surface area contributed by atoms with Crippen LogP contribution in [0.4, 0.5) is 10.1 Å². The minimum atomic E-state index is -1.05. The van der Waals surface area contributed by atoms with Crippen LogP contribution in [0, 0.1) is 12.7 Å². The van der Waals surface area contributed by atoms with Gasteiger partial charge in [0.15, 0.2) is 6.10 Å². The Morgan fingerprint density at radius 1 is 1.28 bits per heavy atom. The van der Waals surface area contributed by atoms with Gasteiger partial charge < -0.3 is 14.6 Å². The molecule has 0 aliphatic rings. The average Bonchev–Trinajstić information content (AvgIpc) is 3.13. The Kier molecular flexibility index (Phi) is 6.61. The van der Waals surface area contributed by atoms with E-state index in [2.05, 4.69) is 15.5 Å². The lowest BCUT2D eigenvalue weighted by atomic mass is 10.2. The molecule has 0 radical (unpaired) electrons. The van der Waals surface area contributed by atoms with Crippen molar-refractivity contribution < 1.29 is 23.2 Å². The molecule has 0 saturated heterocycles. The lowest BCUT2D eigenvalue weighted by molar-refractivity contribution is -0.123. The van der Waals surface area contributed by atoms with Crippen molar-refractivity contribution in [3.8, 4) is 0 Å². The topological polar surface area (TPSA) is 94.3 Å². The summed E-state index contributed by atoms with van der Waals surface area (Å²) in [4.78, 5) is 29.0. The maximum atomic E-state index is 13.0. The van der Waals surface area contributed by atoms with Crippen LogP contribution in [0.1, 0.15) is 28.7 Å². The fourth-order valence-electron chi connectivity index (χ4n) is 2.34. The molecule has 3 rings (SSSR count). The van der Waals surface area contributed by atoms with Gasteiger partial charge in [0.1, 0.15) is 16.6 Å². The molecular formula is C20H18FN3O4S. The van der Waals surface area contributed by atoms with Gasteiger partial charge in [0, 0.05) is 23.7 Å². The van der Waals surface area contributed by atoms with Crippen LogP contribution in [-0.2, 0) is 15.3 Å². The van der Waals surface area contributed by atoms with E-state index < -0.39 is 23.8 Å². The van der Waals surface area contributed by atoms with E-state index in [4.69, 9.17) is 9.26 Å². The molecular weight excluding hydrogens is 397 g/mol. The van der Waals surface area contributed by atoms with Crippen LogP contribution < -0.4 is 5.32 Å². The first-order chi connectivity index (χ1) is 13.9. The predicted molar refractivity (Wildman–Crippen MR) is 105 cm³/mol. The smallest absolute Gasteiger partial charge is 0.341 e. The number of amides is 1. The Labute approximate surface area is 170 Å². The summed E-state index contributed by atoms with van der Waals surface area (Å²) in [5.74, 6) is -0.443. The van der Waals surface area contributed by atoms with E-state index in [0.717, 1.165) is 5.69 Å². The quantitative estimate of drug-likeness (QED) is 0.460. The second-order valence-electron chi connectivity index (χ2n) is 6.12. The highest BCUT2D eigenvalue weighted by atomic mass is 32.2. The lowest BCUT2D eigenvalue weighted by Gasteiger charge is -2.14. The van der Waals surface area contributed by atoms with Crippen LogP contribution in [0.15, 0.2) is 58.2 Å². The highest BCUT2D eigenvalue weighted by Crippen LogP contribution is 2.25. The van der Waals surface area contributed by atoms with Gasteiger partial charge in [-0.1, -0.05) is 16.9 Å². The lowest BCUT2D eigenvalue weighted by Crippen LogP contribution is -2.30. The number of carbonyl (C=O) groups is 2. The third-order valence-electron chi connectivity index (χ3n) is 3.79. The van der Waals surface area contributed by atoms with Crippen LogP contribution >= 0.6 is 11.8 Å². The van der Waals surface area contributed by atoms with Crippen LogP contribution in [0.3, 0.4) is 0 Å². The number of aryl methyl sites for hydroxylation is 1. The number of benzene rings is 1. The fraction of sp³-hybridized carbons (Fsp3) is 0.200. The molecule has 1 N–H and O–H groups in total. The first kappa shape index (κ1) is 20.5. The molecule has 1 aromatic carbocycles. The highest BCUT2D eigenvalue weighted by Gasteiger charge is 2.22. The van der Waals surface area contributed by atoms with Gasteiger partial charge in [-0.15, -0.1) is 0 Å². The van der Waals surface area contributed by atoms with E-state index in [1.54, 1.807) is 31.3 Å². The van der Waals surface area contributed by atoms with Gasteiger partial charge in [0.05, 0.1) is 11.3 Å². The molecule has 0 saturated carbocycles. The molecule has 0 spiro atoms. The summed E-state index contributed by atoms with van der Waals surface area (Å²) in [5.41, 5.74) is 1.38. The summed E-state index contributed by atoms with van der Waals surface area (Å²) >= 11 is 1.31. The van der Waals surface area contributed by atoms with Crippen molar-refractivity contribution in [3.05, 3.63) is 71.5 Å². The van der Waals surface area contributed by atoms with E-state index >= 15 is 0 Å². The summed E-state index contributed by atoms with van der Waals surface area (Å²) in [6, 6.07) is 10.3. The van der Waals surface area contributed by atoms with Crippen molar-refractivity contribution in [1.82, 2.24) is 10.1 Å². The molecule has 7 nitrogen and oxygen atoms in total. The first-order valence-electron chi connectivity index (χ1n) is 8.70. The largest absolute Gasteiger partial charge is 0.449 e. The number of anilines is 1. The van der Waals surface area contributed by atoms with Gasteiger partial charge in [-0.05, 0) is 50.2 Å². The van der Waals surface area contributed by atoms with Crippen molar-refractivity contribution >= 4 is 29.3 Å². The highest BCUT2D eigenvalue weighted by molar-refractivity contribution is 7.98. The Hall–Kier alpha value is -3.20. The van der Waals surface area contributed by atoms with Gasteiger partial charge in [-0.25, -0.2) is 14.2 Å². The number of carbonyl (C=O) groups excluding carboxylic acids is 2. The van der Waals surface area contributed by atoms with Crippen LogP contribution in [-0.4, -0.2) is 28.1 Å². The van der Waals surface area contributed by atoms with E-state index in [1.807, 2.05) is 0 Å². The minimum Gasteiger partial charge on any atom is -0.449 e. The predicted octanol–water partition coefficient (Wildman–Crippen LogP) is 3.99. The van der Waals surface area contributed by atoms with Crippen molar-refractivity contribution in [2.24, 2.45) is 0 Å². The van der Waals surface area contributed by atoms with Crippen molar-refractivity contribution in [2.75, 3.05) is 5.32 Å². The Bertz CT molecular complexity index is 1010. The van der Waals surface area contributed by atoms with Gasteiger partial charge >= 0.3 is 5.97 Å². The molecule has 2 heterocycles. The number of nitrogens with one attached hydrogen (secondary N) is 1. The Morgan fingerprint density at radius 3 is 2.72 bits per heavy atom. The maximum absolute atomic E-state index is 13.0. The normalized spacial score (nSPS) is 11.7. The second-order valence-corrected chi connectivity index (χ2v) is 7.08. The summed E-state index contributed by atoms with van der Waals surface area (Å²) < 4.78 is 23.3. The molecule has 29 heavy (non-hydrogen) atoms. The number of esters is 1. The molecule has 0 fully saturated rings. The number of pyridine rings is 1. The molecule has 3 aromatic rings. The van der Waals surface area contributed by atoms with Gasteiger partial charge in [-0.3, -0.25) is 4.79 Å². The second kappa shape index (κ2) is 9.33. The molecule has 1 amide bonds.